The lowest BCUT2D eigenvalue weighted by atomic mass is 10.1. The first-order valence-electron chi connectivity index (χ1n) is 4.32. The van der Waals surface area contributed by atoms with Crippen molar-refractivity contribution in [3.05, 3.63) is 29.8 Å². The molecular weight excluding hydrogens is 204 g/mol. The highest BCUT2D eigenvalue weighted by Gasteiger charge is 2.29. The van der Waals surface area contributed by atoms with E-state index in [1.54, 1.807) is 0 Å². The maximum absolute atomic E-state index is 12.9. The Labute approximate surface area is 85.7 Å². The Bertz CT molecular complexity index is 349. The van der Waals surface area contributed by atoms with Gasteiger partial charge in [0.2, 0.25) is 5.91 Å². The number of carbonyl (C=O) groups is 1. The highest BCUT2D eigenvalue weighted by Crippen LogP contribution is 2.27. The van der Waals surface area contributed by atoms with Crippen molar-refractivity contribution < 1.29 is 18.7 Å². The maximum Gasteiger partial charge on any atom is 0.295 e. The number of halogens is 2. The number of amides is 1. The molecule has 0 saturated heterocycles. The Balaban J connectivity index is 2.85. The number of rotatable bonds is 3. The molecule has 1 amide bonds. The van der Waals surface area contributed by atoms with Crippen molar-refractivity contribution in [1.82, 2.24) is 0 Å². The molecule has 0 fully saturated rings. The first-order valence-corrected chi connectivity index (χ1v) is 4.32. The molecule has 2 N–H and O–H groups in total. The summed E-state index contributed by atoms with van der Waals surface area (Å²) < 4.78 is 25.9. The van der Waals surface area contributed by atoms with E-state index in [1.165, 1.54) is 31.2 Å². The highest BCUT2D eigenvalue weighted by molar-refractivity contribution is 5.88. The van der Waals surface area contributed by atoms with E-state index in [0.29, 0.717) is 5.69 Å². The van der Waals surface area contributed by atoms with Gasteiger partial charge in [0.15, 0.2) is 0 Å². The van der Waals surface area contributed by atoms with Crippen molar-refractivity contribution in [2.75, 3.05) is 11.9 Å². The maximum atomic E-state index is 12.9. The standard InChI is InChI=1S/C10H11F2NO2/c1-7(15)13-9-4-2-8(3-5-9)10(11,12)6-14/h2-5,14H,6H2,1H3,(H,13,15). The molecule has 0 aromatic heterocycles. The minimum absolute atomic E-state index is 0.267. The molecule has 0 heterocycles. The first kappa shape index (κ1) is 11.6. The number of anilines is 1. The van der Waals surface area contributed by atoms with Crippen LogP contribution >= 0.6 is 0 Å². The number of carbonyl (C=O) groups excluding carboxylic acids is 1. The summed E-state index contributed by atoms with van der Waals surface area (Å²) in [7, 11) is 0. The lowest BCUT2D eigenvalue weighted by Crippen LogP contribution is -2.18. The van der Waals surface area contributed by atoms with Gasteiger partial charge in [-0.1, -0.05) is 12.1 Å². The Morgan fingerprint density at radius 3 is 2.33 bits per heavy atom. The molecule has 1 aromatic rings. The van der Waals surface area contributed by atoms with Crippen molar-refractivity contribution in [2.24, 2.45) is 0 Å². The van der Waals surface area contributed by atoms with Crippen LogP contribution in [0.25, 0.3) is 0 Å². The number of benzene rings is 1. The average molecular weight is 215 g/mol. The van der Waals surface area contributed by atoms with Gasteiger partial charge in [0.05, 0.1) is 0 Å². The summed E-state index contributed by atoms with van der Waals surface area (Å²) in [6.07, 6.45) is 0. The third-order valence-electron chi connectivity index (χ3n) is 1.83. The van der Waals surface area contributed by atoms with E-state index in [2.05, 4.69) is 5.32 Å². The molecule has 0 unspecified atom stereocenters. The highest BCUT2D eigenvalue weighted by atomic mass is 19.3. The predicted molar refractivity (Wildman–Crippen MR) is 51.7 cm³/mol. The van der Waals surface area contributed by atoms with E-state index in [4.69, 9.17) is 5.11 Å². The summed E-state index contributed by atoms with van der Waals surface area (Å²) >= 11 is 0. The van der Waals surface area contributed by atoms with Gasteiger partial charge < -0.3 is 10.4 Å². The van der Waals surface area contributed by atoms with Crippen LogP contribution in [0.5, 0.6) is 0 Å². The van der Waals surface area contributed by atoms with Crippen LogP contribution < -0.4 is 5.32 Å². The van der Waals surface area contributed by atoms with Crippen molar-refractivity contribution in [3.63, 3.8) is 0 Å². The van der Waals surface area contributed by atoms with Crippen molar-refractivity contribution >= 4 is 11.6 Å². The zero-order valence-corrected chi connectivity index (χ0v) is 8.13. The van der Waals surface area contributed by atoms with E-state index < -0.39 is 12.5 Å². The molecule has 1 aromatic carbocycles. The summed E-state index contributed by atoms with van der Waals surface area (Å²) in [5.74, 6) is -3.51. The summed E-state index contributed by atoms with van der Waals surface area (Å²) in [5.41, 5.74) is 0.166. The number of hydrogen-bond donors (Lipinski definition) is 2. The summed E-state index contributed by atoms with van der Waals surface area (Å²) in [6.45, 7) is 0.0999. The number of alkyl halides is 2. The van der Waals surface area contributed by atoms with Crippen molar-refractivity contribution in [2.45, 2.75) is 12.8 Å². The van der Waals surface area contributed by atoms with Crippen LogP contribution in [0.4, 0.5) is 14.5 Å². The Hall–Kier alpha value is -1.49. The zero-order chi connectivity index (χ0) is 11.5. The fraction of sp³-hybridized carbons (Fsp3) is 0.300. The van der Waals surface area contributed by atoms with Crippen LogP contribution in [0, 0.1) is 0 Å². The molecule has 0 spiro atoms. The van der Waals surface area contributed by atoms with Crippen LogP contribution in [-0.2, 0) is 10.7 Å². The van der Waals surface area contributed by atoms with E-state index >= 15 is 0 Å². The van der Waals surface area contributed by atoms with E-state index in [9.17, 15) is 13.6 Å². The topological polar surface area (TPSA) is 49.3 Å². The van der Waals surface area contributed by atoms with Crippen molar-refractivity contribution in [1.29, 1.82) is 0 Å². The van der Waals surface area contributed by atoms with Gasteiger partial charge in [-0.15, -0.1) is 0 Å². The molecule has 0 radical (unpaired) electrons. The van der Waals surface area contributed by atoms with Gasteiger partial charge in [0.25, 0.3) is 5.92 Å². The number of nitrogens with one attached hydrogen (secondary N) is 1. The van der Waals surface area contributed by atoms with Crippen molar-refractivity contribution in [3.8, 4) is 0 Å². The minimum Gasteiger partial charge on any atom is -0.390 e. The molecule has 0 bridgehead atoms. The Morgan fingerprint density at radius 1 is 1.40 bits per heavy atom. The minimum atomic E-state index is -3.24. The molecule has 5 heteroatoms. The van der Waals surface area contributed by atoms with Crippen LogP contribution in [0.3, 0.4) is 0 Å². The third kappa shape index (κ3) is 2.99. The SMILES string of the molecule is CC(=O)Nc1ccc(C(F)(F)CO)cc1. The summed E-state index contributed by atoms with van der Waals surface area (Å²) in [6, 6.07) is 5.06. The van der Waals surface area contributed by atoms with Crippen LogP contribution in [0.2, 0.25) is 0 Å². The summed E-state index contributed by atoms with van der Waals surface area (Å²) in [4.78, 5) is 10.7. The zero-order valence-electron chi connectivity index (χ0n) is 8.13. The fourth-order valence-corrected chi connectivity index (χ4v) is 1.09. The van der Waals surface area contributed by atoms with E-state index in [-0.39, 0.29) is 11.5 Å². The second-order valence-electron chi connectivity index (χ2n) is 3.12. The monoisotopic (exact) mass is 215 g/mol. The Morgan fingerprint density at radius 2 is 1.93 bits per heavy atom. The molecule has 0 aliphatic carbocycles. The van der Waals surface area contributed by atoms with Gasteiger partial charge >= 0.3 is 0 Å². The lowest BCUT2D eigenvalue weighted by Gasteiger charge is -2.13. The van der Waals surface area contributed by atoms with E-state index in [0.717, 1.165) is 0 Å². The number of aliphatic hydroxyl groups is 1. The lowest BCUT2D eigenvalue weighted by molar-refractivity contribution is -0.114. The summed E-state index contributed by atoms with van der Waals surface area (Å²) in [5, 5.41) is 10.9. The van der Waals surface area contributed by atoms with Crippen LogP contribution in [-0.4, -0.2) is 17.6 Å². The molecule has 82 valence electrons. The predicted octanol–water partition coefficient (Wildman–Crippen LogP) is 1.73. The molecule has 0 aliphatic heterocycles. The van der Waals surface area contributed by atoms with Crippen LogP contribution in [0.15, 0.2) is 24.3 Å². The van der Waals surface area contributed by atoms with Gasteiger partial charge in [0, 0.05) is 18.2 Å². The van der Waals surface area contributed by atoms with Gasteiger partial charge in [-0.2, -0.15) is 8.78 Å². The molecule has 3 nitrogen and oxygen atoms in total. The number of hydrogen-bond acceptors (Lipinski definition) is 2. The smallest absolute Gasteiger partial charge is 0.295 e. The molecular formula is C10H11F2NO2. The molecule has 1 rings (SSSR count). The number of aliphatic hydroxyl groups excluding tert-OH is 1. The normalized spacial score (nSPS) is 11.2. The second-order valence-corrected chi connectivity index (χ2v) is 3.12. The van der Waals surface area contributed by atoms with Gasteiger partial charge in [-0.3, -0.25) is 4.79 Å². The quantitative estimate of drug-likeness (QED) is 0.806. The second kappa shape index (κ2) is 4.35. The van der Waals surface area contributed by atoms with Crippen LogP contribution in [0.1, 0.15) is 12.5 Å². The molecule has 15 heavy (non-hydrogen) atoms. The fourth-order valence-electron chi connectivity index (χ4n) is 1.09. The van der Waals surface area contributed by atoms with Gasteiger partial charge in [-0.25, -0.2) is 0 Å². The molecule has 0 aliphatic rings. The van der Waals surface area contributed by atoms with Gasteiger partial charge in [-0.05, 0) is 12.1 Å². The van der Waals surface area contributed by atoms with Gasteiger partial charge in [0.1, 0.15) is 6.61 Å². The molecule has 0 atom stereocenters. The average Bonchev–Trinajstić information content (AvgIpc) is 2.18. The first-order chi connectivity index (χ1) is 6.95. The largest absolute Gasteiger partial charge is 0.390 e. The van der Waals surface area contributed by atoms with E-state index in [1.807, 2.05) is 0 Å². The Kier molecular flexibility index (Phi) is 3.36. The molecule has 0 saturated carbocycles. The third-order valence-corrected chi connectivity index (χ3v) is 1.83.